The van der Waals surface area contributed by atoms with Crippen molar-refractivity contribution in [2.24, 2.45) is 0 Å². The molecule has 0 spiro atoms. The van der Waals surface area contributed by atoms with Crippen molar-refractivity contribution in [3.63, 3.8) is 0 Å². The summed E-state index contributed by atoms with van der Waals surface area (Å²) in [6.45, 7) is 4.46. The standard InChI is InChI=1S/C31H31F3N8O4/c1-2-45-22-12-17(29(43)38-24-13-18(7-8-36-24)31(32,33)34)5-6-20(22)25-26-27(35)37-9-11-41(26)28(39-25)23-15-42-19(16-46-23)14-40-10-3-4-21(40)30(42)44/h5-9,11-13,19,21,23H,2-4,10,14-16H2,1H3,(H2,35,37)(H,36,38,43)/t19?,21-,23+/m0/s1. The Kier molecular flexibility index (Phi) is 7.51. The predicted octanol–water partition coefficient (Wildman–Crippen LogP) is 3.79. The molecular formula is C31H31F3N8O4. The average molecular weight is 637 g/mol. The van der Waals surface area contributed by atoms with Gasteiger partial charge in [-0.1, -0.05) is 0 Å². The van der Waals surface area contributed by atoms with Crippen LogP contribution in [-0.4, -0.2) is 85.9 Å². The maximum absolute atomic E-state index is 13.4. The number of hydrogen-bond acceptors (Lipinski definition) is 9. The van der Waals surface area contributed by atoms with Gasteiger partial charge in [-0.2, -0.15) is 13.2 Å². The van der Waals surface area contributed by atoms with E-state index in [0.717, 1.165) is 44.3 Å². The SMILES string of the molecule is CCOc1cc(C(=O)Nc2cc(C(F)(F)F)ccn2)ccc1-c1nc([C@H]2CN3C(=O)[C@@H]4CCCN4CC3CO2)n2ccnc(N)c12. The maximum Gasteiger partial charge on any atom is 0.416 e. The molecule has 6 heterocycles. The smallest absolute Gasteiger partial charge is 0.416 e. The molecule has 0 radical (unpaired) electrons. The minimum Gasteiger partial charge on any atom is -0.493 e. The maximum atomic E-state index is 13.4. The Morgan fingerprint density at radius 1 is 1.17 bits per heavy atom. The number of aromatic nitrogens is 4. The Bertz CT molecular complexity index is 1830. The first-order valence-electron chi connectivity index (χ1n) is 15.0. The molecule has 3 aliphatic heterocycles. The van der Waals surface area contributed by atoms with Gasteiger partial charge < -0.3 is 25.4 Å². The fraction of sp³-hybridized carbons (Fsp3) is 0.387. The fourth-order valence-electron chi connectivity index (χ4n) is 6.56. The van der Waals surface area contributed by atoms with Crippen LogP contribution in [0.5, 0.6) is 5.75 Å². The number of halogens is 3. The minimum absolute atomic E-state index is 0.0232. The van der Waals surface area contributed by atoms with Gasteiger partial charge >= 0.3 is 6.18 Å². The molecule has 3 atom stereocenters. The van der Waals surface area contributed by atoms with E-state index in [9.17, 15) is 22.8 Å². The molecule has 0 bridgehead atoms. The summed E-state index contributed by atoms with van der Waals surface area (Å²) in [5, 5.41) is 2.42. The van der Waals surface area contributed by atoms with Crippen LogP contribution in [0.15, 0.2) is 48.9 Å². The summed E-state index contributed by atoms with van der Waals surface area (Å²) >= 11 is 0. The third-order valence-electron chi connectivity index (χ3n) is 8.70. The molecule has 3 fully saturated rings. The summed E-state index contributed by atoms with van der Waals surface area (Å²) in [5.74, 6) is 0.261. The number of carbonyl (C=O) groups excluding carboxylic acids is 2. The van der Waals surface area contributed by atoms with Gasteiger partial charge in [-0.05, 0) is 56.6 Å². The van der Waals surface area contributed by atoms with Gasteiger partial charge in [0.2, 0.25) is 5.91 Å². The van der Waals surface area contributed by atoms with Crippen LogP contribution in [-0.2, 0) is 15.7 Å². The van der Waals surface area contributed by atoms with Crippen LogP contribution in [0.1, 0.15) is 47.6 Å². The van der Waals surface area contributed by atoms with Gasteiger partial charge in [0.15, 0.2) is 0 Å². The van der Waals surface area contributed by atoms with E-state index in [0.29, 0.717) is 41.5 Å². The van der Waals surface area contributed by atoms with Crippen molar-refractivity contribution in [2.45, 2.75) is 44.1 Å². The van der Waals surface area contributed by atoms with Crippen LogP contribution in [0.3, 0.4) is 0 Å². The Morgan fingerprint density at radius 3 is 2.83 bits per heavy atom. The van der Waals surface area contributed by atoms with Crippen LogP contribution in [0.4, 0.5) is 24.8 Å². The molecule has 3 aromatic heterocycles. The lowest BCUT2D eigenvalue weighted by atomic mass is 10.0. The molecule has 2 amide bonds. The highest BCUT2D eigenvalue weighted by atomic mass is 19.4. The quantitative estimate of drug-likeness (QED) is 0.324. The minimum atomic E-state index is -4.58. The third kappa shape index (κ3) is 5.28. The number of nitrogens with zero attached hydrogens (tertiary/aromatic N) is 6. The van der Waals surface area contributed by atoms with Crippen molar-refractivity contribution in [1.82, 2.24) is 29.2 Å². The van der Waals surface area contributed by atoms with Gasteiger partial charge in [0, 0.05) is 36.3 Å². The summed E-state index contributed by atoms with van der Waals surface area (Å²) in [5.41, 5.74) is 7.04. The number of rotatable bonds is 6. The Hall–Kier alpha value is -4.76. The van der Waals surface area contributed by atoms with Crippen LogP contribution >= 0.6 is 0 Å². The van der Waals surface area contributed by atoms with E-state index < -0.39 is 23.8 Å². The largest absolute Gasteiger partial charge is 0.493 e. The topological polar surface area (TPSA) is 140 Å². The number of nitrogen functional groups attached to an aromatic ring is 1. The van der Waals surface area contributed by atoms with Gasteiger partial charge in [-0.3, -0.25) is 18.9 Å². The number of nitrogens with one attached hydrogen (secondary N) is 1. The Labute approximate surface area is 261 Å². The van der Waals surface area contributed by atoms with Crippen molar-refractivity contribution in [3.05, 3.63) is 65.9 Å². The van der Waals surface area contributed by atoms with E-state index in [1.807, 2.05) is 4.90 Å². The summed E-state index contributed by atoms with van der Waals surface area (Å²) < 4.78 is 53.5. The molecule has 240 valence electrons. The van der Waals surface area contributed by atoms with Crippen molar-refractivity contribution in [2.75, 3.05) is 43.9 Å². The second-order valence-electron chi connectivity index (χ2n) is 11.5. The number of imidazole rings is 1. The molecule has 0 saturated carbocycles. The molecule has 3 N–H and O–H groups in total. The third-order valence-corrected chi connectivity index (χ3v) is 8.70. The fourth-order valence-corrected chi connectivity index (χ4v) is 6.56. The number of alkyl halides is 3. The number of piperazine rings is 1. The van der Waals surface area contributed by atoms with E-state index in [1.165, 1.54) is 12.1 Å². The highest BCUT2D eigenvalue weighted by Gasteiger charge is 2.46. The van der Waals surface area contributed by atoms with Gasteiger partial charge in [0.05, 0.1) is 37.4 Å². The number of morpholine rings is 1. The number of amides is 2. The Balaban J connectivity index is 1.21. The van der Waals surface area contributed by atoms with Gasteiger partial charge in [-0.25, -0.2) is 15.0 Å². The summed E-state index contributed by atoms with van der Waals surface area (Å²) in [7, 11) is 0. The van der Waals surface area contributed by atoms with E-state index in [-0.39, 0.29) is 41.8 Å². The van der Waals surface area contributed by atoms with Crippen molar-refractivity contribution in [1.29, 1.82) is 0 Å². The van der Waals surface area contributed by atoms with Gasteiger partial charge in [0.25, 0.3) is 5.91 Å². The first-order chi connectivity index (χ1) is 22.1. The highest BCUT2D eigenvalue weighted by Crippen LogP contribution is 2.39. The second kappa shape index (κ2) is 11.6. The number of carbonyl (C=O) groups is 2. The number of ether oxygens (including phenoxy) is 2. The average Bonchev–Trinajstić information content (AvgIpc) is 3.67. The zero-order valence-corrected chi connectivity index (χ0v) is 24.8. The molecule has 1 aromatic carbocycles. The van der Waals surface area contributed by atoms with Gasteiger partial charge in [-0.15, -0.1) is 0 Å². The van der Waals surface area contributed by atoms with Crippen LogP contribution < -0.4 is 15.8 Å². The first-order valence-corrected chi connectivity index (χ1v) is 15.0. The number of benzene rings is 1. The molecule has 12 nitrogen and oxygen atoms in total. The highest BCUT2D eigenvalue weighted by molar-refractivity contribution is 6.04. The summed E-state index contributed by atoms with van der Waals surface area (Å²) in [6, 6.07) is 6.12. The van der Waals surface area contributed by atoms with E-state index in [2.05, 4.69) is 20.2 Å². The van der Waals surface area contributed by atoms with Crippen LogP contribution in [0.2, 0.25) is 0 Å². The second-order valence-corrected chi connectivity index (χ2v) is 11.5. The van der Waals surface area contributed by atoms with Gasteiger partial charge in [0.1, 0.15) is 40.5 Å². The summed E-state index contributed by atoms with van der Waals surface area (Å²) in [4.78, 5) is 43.7. The Morgan fingerprint density at radius 2 is 2.02 bits per heavy atom. The molecule has 0 aliphatic carbocycles. The zero-order chi connectivity index (χ0) is 32.2. The molecule has 4 aromatic rings. The predicted molar refractivity (Wildman–Crippen MR) is 160 cm³/mol. The number of hydrogen-bond donors (Lipinski definition) is 2. The zero-order valence-electron chi connectivity index (χ0n) is 24.8. The van der Waals surface area contributed by atoms with Crippen molar-refractivity contribution >= 4 is 29.0 Å². The number of nitrogens with two attached hydrogens (primary N) is 1. The molecule has 7 rings (SSSR count). The van der Waals surface area contributed by atoms with E-state index >= 15 is 0 Å². The molecule has 15 heteroatoms. The van der Waals surface area contributed by atoms with Crippen LogP contribution in [0.25, 0.3) is 16.8 Å². The molecule has 1 unspecified atom stereocenters. The lowest BCUT2D eigenvalue weighted by Crippen LogP contribution is -2.63. The number of anilines is 2. The van der Waals surface area contributed by atoms with Crippen LogP contribution in [0, 0.1) is 0 Å². The molecule has 3 aliphatic rings. The number of pyridine rings is 1. The molecular weight excluding hydrogens is 605 g/mol. The first kappa shape index (κ1) is 29.9. The van der Waals surface area contributed by atoms with E-state index in [1.54, 1.807) is 29.8 Å². The normalized spacial score (nSPS) is 21.7. The lowest BCUT2D eigenvalue weighted by molar-refractivity contribution is -0.160. The molecule has 3 saturated heterocycles. The lowest BCUT2D eigenvalue weighted by Gasteiger charge is -2.47. The van der Waals surface area contributed by atoms with E-state index in [4.69, 9.17) is 20.2 Å². The monoisotopic (exact) mass is 636 g/mol. The van der Waals surface area contributed by atoms with Crippen molar-refractivity contribution in [3.8, 4) is 17.0 Å². The number of fused-ring (bicyclic) bond motifs is 3. The summed E-state index contributed by atoms with van der Waals surface area (Å²) in [6.07, 6.45) is 1.02. The van der Waals surface area contributed by atoms with Crippen molar-refractivity contribution < 1.29 is 32.2 Å². The molecule has 46 heavy (non-hydrogen) atoms.